The van der Waals surface area contributed by atoms with Crippen LogP contribution in [-0.2, 0) is 0 Å². The Balaban J connectivity index is 2.56. The maximum absolute atomic E-state index is 12.4. The van der Waals surface area contributed by atoms with Crippen LogP contribution in [0.25, 0.3) is 10.8 Å². The van der Waals surface area contributed by atoms with Crippen LogP contribution in [0.3, 0.4) is 0 Å². The van der Waals surface area contributed by atoms with Crippen LogP contribution in [0.1, 0.15) is 10.4 Å². The fourth-order valence-electron chi connectivity index (χ4n) is 2.00. The number of hydrogen-bond donors (Lipinski definition) is 1. The Labute approximate surface area is 112 Å². The molecule has 2 rings (SSSR count). The Hall–Kier alpha value is -2.31. The number of nitrogens with zero attached hydrogens (tertiary/aromatic N) is 2. The summed E-state index contributed by atoms with van der Waals surface area (Å²) in [5.74, 6) is -1.07. The molecule has 1 N–H and O–H groups in total. The molecule has 2 aromatic rings. The predicted molar refractivity (Wildman–Crippen MR) is 68.0 cm³/mol. The zero-order valence-corrected chi connectivity index (χ0v) is 10.5. The topological polar surface area (TPSA) is 53.4 Å². The molecule has 0 amide bonds. The van der Waals surface area contributed by atoms with E-state index >= 15 is 0 Å². The van der Waals surface area contributed by atoms with Gasteiger partial charge in [0.2, 0.25) is 0 Å². The van der Waals surface area contributed by atoms with Gasteiger partial charge < -0.3 is 10.0 Å². The third kappa shape index (κ3) is 2.81. The van der Waals surface area contributed by atoms with E-state index in [4.69, 9.17) is 5.11 Å². The normalized spacial score (nSPS) is 11.6. The van der Waals surface area contributed by atoms with Crippen molar-refractivity contribution >= 4 is 22.6 Å². The summed E-state index contributed by atoms with van der Waals surface area (Å²) in [5.41, 5.74) is -0.0373. The third-order valence-corrected chi connectivity index (χ3v) is 2.78. The van der Waals surface area contributed by atoms with E-state index in [9.17, 15) is 18.0 Å². The Morgan fingerprint density at radius 3 is 2.45 bits per heavy atom. The molecule has 1 aromatic carbocycles. The molecule has 4 nitrogen and oxygen atoms in total. The molecule has 0 aliphatic carbocycles. The Kier molecular flexibility index (Phi) is 3.52. The summed E-state index contributed by atoms with van der Waals surface area (Å²) >= 11 is 0. The fourth-order valence-corrected chi connectivity index (χ4v) is 2.00. The van der Waals surface area contributed by atoms with E-state index in [2.05, 4.69) is 4.98 Å². The number of alkyl halides is 3. The van der Waals surface area contributed by atoms with Gasteiger partial charge in [-0.2, -0.15) is 13.2 Å². The zero-order chi connectivity index (χ0) is 14.9. The number of carboxylic acids is 1. The van der Waals surface area contributed by atoms with Crippen molar-refractivity contribution < 1.29 is 23.1 Å². The van der Waals surface area contributed by atoms with Gasteiger partial charge in [-0.25, -0.2) is 9.78 Å². The molecular weight excluding hydrogens is 273 g/mol. The number of carbonyl (C=O) groups is 1. The van der Waals surface area contributed by atoms with E-state index in [-0.39, 0.29) is 11.4 Å². The summed E-state index contributed by atoms with van der Waals surface area (Å²) in [4.78, 5) is 15.9. The molecule has 0 unspecified atom stereocenters. The lowest BCUT2D eigenvalue weighted by Gasteiger charge is -2.21. The second kappa shape index (κ2) is 4.99. The lowest BCUT2D eigenvalue weighted by molar-refractivity contribution is -0.119. The summed E-state index contributed by atoms with van der Waals surface area (Å²) in [7, 11) is 1.27. The first-order valence-corrected chi connectivity index (χ1v) is 5.68. The molecule has 0 aliphatic rings. The van der Waals surface area contributed by atoms with Crippen LogP contribution in [0.4, 0.5) is 19.0 Å². The molecule has 0 saturated carbocycles. The zero-order valence-electron chi connectivity index (χ0n) is 10.5. The smallest absolute Gasteiger partial charge is 0.405 e. The minimum atomic E-state index is -4.36. The van der Waals surface area contributed by atoms with Crippen LogP contribution < -0.4 is 4.90 Å². The van der Waals surface area contributed by atoms with Gasteiger partial charge >= 0.3 is 12.1 Å². The van der Waals surface area contributed by atoms with Crippen LogP contribution in [0.15, 0.2) is 30.5 Å². The number of hydrogen-bond acceptors (Lipinski definition) is 3. The minimum Gasteiger partial charge on any atom is -0.478 e. The van der Waals surface area contributed by atoms with Crippen molar-refractivity contribution in [1.82, 2.24) is 4.98 Å². The van der Waals surface area contributed by atoms with Gasteiger partial charge in [0.1, 0.15) is 12.4 Å². The van der Waals surface area contributed by atoms with Crippen LogP contribution in [0, 0.1) is 0 Å². The SMILES string of the molecule is CN(CC(F)(F)F)c1ncc(C(=O)O)c2ccccc12. The quantitative estimate of drug-likeness (QED) is 0.941. The molecule has 0 fully saturated rings. The molecule has 0 radical (unpaired) electrons. The lowest BCUT2D eigenvalue weighted by atomic mass is 10.1. The Bertz CT molecular complexity index is 656. The highest BCUT2D eigenvalue weighted by atomic mass is 19.4. The van der Waals surface area contributed by atoms with Crippen LogP contribution >= 0.6 is 0 Å². The molecule has 20 heavy (non-hydrogen) atoms. The van der Waals surface area contributed by atoms with Gasteiger partial charge in [0.25, 0.3) is 0 Å². The summed E-state index contributed by atoms with van der Waals surface area (Å²) in [5, 5.41) is 9.80. The van der Waals surface area contributed by atoms with E-state index in [1.807, 2.05) is 0 Å². The monoisotopic (exact) mass is 284 g/mol. The molecule has 7 heteroatoms. The number of fused-ring (bicyclic) bond motifs is 1. The molecule has 0 aliphatic heterocycles. The first kappa shape index (κ1) is 14.1. The lowest BCUT2D eigenvalue weighted by Crippen LogP contribution is -2.31. The fraction of sp³-hybridized carbons (Fsp3) is 0.231. The highest BCUT2D eigenvalue weighted by Crippen LogP contribution is 2.28. The summed E-state index contributed by atoms with van der Waals surface area (Å²) < 4.78 is 37.3. The molecule has 106 valence electrons. The largest absolute Gasteiger partial charge is 0.478 e. The van der Waals surface area contributed by atoms with Gasteiger partial charge in [0.05, 0.1) is 5.56 Å². The van der Waals surface area contributed by atoms with Crippen LogP contribution in [-0.4, -0.2) is 35.8 Å². The van der Waals surface area contributed by atoms with E-state index in [1.54, 1.807) is 24.3 Å². The van der Waals surface area contributed by atoms with Gasteiger partial charge in [-0.3, -0.25) is 0 Å². The average Bonchev–Trinajstić information content (AvgIpc) is 2.35. The van der Waals surface area contributed by atoms with E-state index in [0.29, 0.717) is 10.8 Å². The summed E-state index contributed by atoms with van der Waals surface area (Å²) in [6, 6.07) is 6.35. The number of anilines is 1. The Morgan fingerprint density at radius 2 is 1.90 bits per heavy atom. The standard InChI is InChI=1S/C13H11F3N2O2/c1-18(7-13(14,15)16)11-9-5-3-2-4-8(9)10(6-17-11)12(19)20/h2-6H,7H2,1H3,(H,19,20). The average molecular weight is 284 g/mol. The van der Waals surface area contributed by atoms with E-state index in [0.717, 1.165) is 11.1 Å². The van der Waals surface area contributed by atoms with Crippen LogP contribution in [0.2, 0.25) is 0 Å². The molecule has 1 aromatic heterocycles. The highest BCUT2D eigenvalue weighted by Gasteiger charge is 2.30. The minimum absolute atomic E-state index is 0.0373. The van der Waals surface area contributed by atoms with Crippen LogP contribution in [0.5, 0.6) is 0 Å². The number of aromatic nitrogens is 1. The third-order valence-electron chi connectivity index (χ3n) is 2.78. The molecule has 0 bridgehead atoms. The molecule has 0 saturated heterocycles. The number of rotatable bonds is 3. The van der Waals surface area contributed by atoms with Gasteiger partial charge in [0.15, 0.2) is 0 Å². The first-order chi connectivity index (χ1) is 9.29. The van der Waals surface area contributed by atoms with Gasteiger partial charge in [-0.05, 0) is 0 Å². The molecule has 0 atom stereocenters. The maximum Gasteiger partial charge on any atom is 0.405 e. The molecule has 1 heterocycles. The summed E-state index contributed by atoms with van der Waals surface area (Å²) in [6.07, 6.45) is -3.28. The predicted octanol–water partition coefficient (Wildman–Crippen LogP) is 2.93. The number of pyridine rings is 1. The number of aromatic carboxylic acids is 1. The van der Waals surface area contributed by atoms with Crippen molar-refractivity contribution in [2.45, 2.75) is 6.18 Å². The van der Waals surface area contributed by atoms with Crippen molar-refractivity contribution in [2.24, 2.45) is 0 Å². The second-order valence-corrected chi connectivity index (χ2v) is 4.32. The maximum atomic E-state index is 12.4. The van der Waals surface area contributed by atoms with E-state index < -0.39 is 18.7 Å². The highest BCUT2D eigenvalue weighted by molar-refractivity contribution is 6.06. The number of halogens is 3. The van der Waals surface area contributed by atoms with Crippen molar-refractivity contribution in [2.75, 3.05) is 18.5 Å². The van der Waals surface area contributed by atoms with Crippen molar-refractivity contribution in [3.05, 3.63) is 36.0 Å². The number of benzene rings is 1. The van der Waals surface area contributed by atoms with E-state index in [1.165, 1.54) is 7.05 Å². The van der Waals surface area contributed by atoms with Crippen molar-refractivity contribution in [3.8, 4) is 0 Å². The first-order valence-electron chi connectivity index (χ1n) is 5.68. The van der Waals surface area contributed by atoms with Gasteiger partial charge in [-0.15, -0.1) is 0 Å². The van der Waals surface area contributed by atoms with Gasteiger partial charge in [-0.1, -0.05) is 24.3 Å². The number of carboxylic acid groups (broad SMARTS) is 1. The van der Waals surface area contributed by atoms with Crippen molar-refractivity contribution in [1.29, 1.82) is 0 Å². The molecular formula is C13H11F3N2O2. The molecule has 0 spiro atoms. The second-order valence-electron chi connectivity index (χ2n) is 4.32. The van der Waals surface area contributed by atoms with Crippen molar-refractivity contribution in [3.63, 3.8) is 0 Å². The summed E-state index contributed by atoms with van der Waals surface area (Å²) in [6.45, 7) is -1.16. The van der Waals surface area contributed by atoms with Gasteiger partial charge in [0, 0.05) is 24.0 Å². The Morgan fingerprint density at radius 1 is 1.30 bits per heavy atom.